The van der Waals surface area contributed by atoms with Crippen molar-refractivity contribution in [1.82, 2.24) is 24.9 Å². The molecule has 3 atom stereocenters. The maximum Gasteiger partial charge on any atom is 0.287 e. The lowest BCUT2D eigenvalue weighted by Crippen LogP contribution is -2.44. The third kappa shape index (κ3) is 7.23. The van der Waals surface area contributed by atoms with Gasteiger partial charge in [-0.3, -0.25) is 24.5 Å². The maximum atomic E-state index is 13.6. The fraction of sp³-hybridized carbons (Fsp3) is 0.513. The minimum Gasteiger partial charge on any atom is -0.378 e. The SMILES string of the molecule is CN1C[C@@H](Nc2cnn(C)c(=O)c2Cl)C[C@@H](c2ccc(C(=O)N3CCC4(CCC(c5ccc(C6CCC(=O)NC6=O)cc5)CC4)CC3)cc2)C1. The van der Waals surface area contributed by atoms with Gasteiger partial charge in [-0.2, -0.15) is 5.10 Å². The largest absolute Gasteiger partial charge is 0.378 e. The summed E-state index contributed by atoms with van der Waals surface area (Å²) >= 11 is 6.32. The van der Waals surface area contributed by atoms with E-state index in [1.807, 2.05) is 17.0 Å². The molecule has 11 heteroatoms. The van der Waals surface area contributed by atoms with Gasteiger partial charge in [-0.25, -0.2) is 4.68 Å². The first-order valence-electron chi connectivity index (χ1n) is 18.1. The molecule has 4 fully saturated rings. The Bertz CT molecular complexity index is 1790. The normalized spacial score (nSPS) is 24.6. The molecule has 7 rings (SSSR count). The Labute approximate surface area is 298 Å². The fourth-order valence-electron chi connectivity index (χ4n) is 8.84. The van der Waals surface area contributed by atoms with Crippen molar-refractivity contribution >= 4 is 35.0 Å². The van der Waals surface area contributed by atoms with Crippen molar-refractivity contribution in [1.29, 1.82) is 0 Å². The van der Waals surface area contributed by atoms with E-state index in [1.165, 1.54) is 28.7 Å². The molecule has 1 unspecified atom stereocenters. The predicted molar refractivity (Wildman–Crippen MR) is 194 cm³/mol. The third-order valence-electron chi connectivity index (χ3n) is 11.9. The van der Waals surface area contributed by atoms with Crippen LogP contribution < -0.4 is 16.2 Å². The minimum atomic E-state index is -0.318. The van der Waals surface area contributed by atoms with Crippen LogP contribution in [0.3, 0.4) is 0 Å². The minimum absolute atomic E-state index is 0.104. The highest BCUT2D eigenvalue weighted by Crippen LogP contribution is 2.49. The number of hydrogen-bond acceptors (Lipinski definition) is 7. The number of benzene rings is 2. The summed E-state index contributed by atoms with van der Waals surface area (Å²) in [7, 11) is 3.68. The van der Waals surface area contributed by atoms with Crippen molar-refractivity contribution in [2.75, 3.05) is 38.5 Å². The molecule has 3 amide bonds. The quantitative estimate of drug-likeness (QED) is 0.330. The van der Waals surface area contributed by atoms with E-state index in [4.69, 9.17) is 11.6 Å². The number of carbonyl (C=O) groups excluding carboxylic acids is 3. The molecule has 3 aromatic rings. The number of halogens is 1. The van der Waals surface area contributed by atoms with Crippen LogP contribution in [0.2, 0.25) is 5.02 Å². The number of amides is 3. The molecule has 2 N–H and O–H groups in total. The van der Waals surface area contributed by atoms with Crippen molar-refractivity contribution in [2.45, 2.75) is 81.6 Å². The number of imide groups is 1. The second-order valence-electron chi connectivity index (χ2n) is 15.2. The number of likely N-dealkylation sites (N-methyl/N-ethyl adjacent to an activating group) is 1. The van der Waals surface area contributed by atoms with E-state index in [9.17, 15) is 19.2 Å². The van der Waals surface area contributed by atoms with Crippen LogP contribution in [0.15, 0.2) is 59.5 Å². The highest BCUT2D eigenvalue weighted by molar-refractivity contribution is 6.32. The number of hydrogen-bond donors (Lipinski definition) is 2. The number of piperidine rings is 3. The Balaban J connectivity index is 0.901. The molecule has 3 saturated heterocycles. The van der Waals surface area contributed by atoms with Gasteiger partial charge in [-0.1, -0.05) is 48.0 Å². The summed E-state index contributed by atoms with van der Waals surface area (Å²) in [4.78, 5) is 54.0. The van der Waals surface area contributed by atoms with Gasteiger partial charge in [0.2, 0.25) is 11.8 Å². The van der Waals surface area contributed by atoms with Crippen LogP contribution >= 0.6 is 11.6 Å². The summed E-state index contributed by atoms with van der Waals surface area (Å²) in [5.74, 6) is 0.309. The molecule has 0 radical (unpaired) electrons. The van der Waals surface area contributed by atoms with Crippen LogP contribution in [-0.2, 0) is 16.6 Å². The molecular weight excluding hydrogens is 652 g/mol. The summed E-state index contributed by atoms with van der Waals surface area (Å²) in [6, 6.07) is 16.8. The number of aryl methyl sites for hydroxylation is 1. The van der Waals surface area contributed by atoms with E-state index in [-0.39, 0.29) is 46.2 Å². The average molecular weight is 699 g/mol. The Morgan fingerprint density at radius 1 is 0.860 bits per heavy atom. The van der Waals surface area contributed by atoms with Gasteiger partial charge >= 0.3 is 0 Å². The fourth-order valence-corrected chi connectivity index (χ4v) is 9.06. The first kappa shape index (κ1) is 34.4. The van der Waals surface area contributed by atoms with Gasteiger partial charge in [-0.15, -0.1) is 0 Å². The Kier molecular flexibility index (Phi) is 9.85. The highest BCUT2D eigenvalue weighted by atomic mass is 35.5. The lowest BCUT2D eigenvalue weighted by Gasteiger charge is -2.46. The molecule has 4 heterocycles. The van der Waals surface area contributed by atoms with Crippen LogP contribution in [0.1, 0.15) is 103 Å². The number of nitrogens with zero attached hydrogens (tertiary/aromatic N) is 4. The average Bonchev–Trinajstić information content (AvgIpc) is 3.12. The molecule has 1 saturated carbocycles. The molecule has 1 spiro atoms. The number of likely N-dealkylation sites (tertiary alicyclic amines) is 2. The molecule has 50 heavy (non-hydrogen) atoms. The number of rotatable bonds is 6. The molecule has 10 nitrogen and oxygen atoms in total. The van der Waals surface area contributed by atoms with Gasteiger partial charge in [0.25, 0.3) is 11.5 Å². The summed E-state index contributed by atoms with van der Waals surface area (Å²) < 4.78 is 1.23. The molecule has 264 valence electrons. The van der Waals surface area contributed by atoms with E-state index >= 15 is 0 Å². The van der Waals surface area contributed by atoms with Crippen molar-refractivity contribution < 1.29 is 14.4 Å². The second kappa shape index (κ2) is 14.3. The second-order valence-corrected chi connectivity index (χ2v) is 15.5. The van der Waals surface area contributed by atoms with Crippen molar-refractivity contribution in [2.24, 2.45) is 12.5 Å². The summed E-state index contributed by atoms with van der Waals surface area (Å²) in [6.07, 6.45) is 10.2. The maximum absolute atomic E-state index is 13.6. The first-order valence-corrected chi connectivity index (χ1v) is 18.4. The number of nitrogens with one attached hydrogen (secondary N) is 2. The zero-order valence-corrected chi connectivity index (χ0v) is 29.8. The van der Waals surface area contributed by atoms with Crippen molar-refractivity contribution in [3.8, 4) is 0 Å². The van der Waals surface area contributed by atoms with Gasteiger partial charge in [0, 0.05) is 51.3 Å². The van der Waals surface area contributed by atoms with Crippen LogP contribution in [0.4, 0.5) is 5.69 Å². The summed E-state index contributed by atoms with van der Waals surface area (Å²) in [5, 5.41) is 10.2. The Morgan fingerprint density at radius 2 is 1.50 bits per heavy atom. The standard InChI is InChI=1S/C39H47ClN6O4/c1-44-23-30(21-31(24-44)42-33-22-41-45(2)38(50)35(33)40)26-5-9-29(10-6-26)37(49)46-19-17-39(18-20-46)15-13-27(14-16-39)25-3-7-28(8-4-25)32-11-12-34(47)43-36(32)48/h3-10,22,27,30-32,42H,11-21,23-24H2,1-2H3,(H,43,47,48)/t30-,31+,32?/m1/s1. The van der Waals surface area contributed by atoms with Crippen molar-refractivity contribution in [3.63, 3.8) is 0 Å². The smallest absolute Gasteiger partial charge is 0.287 e. The topological polar surface area (TPSA) is 117 Å². The molecule has 4 aliphatic rings. The molecule has 1 aromatic heterocycles. The number of anilines is 1. The van der Waals surface area contributed by atoms with Gasteiger partial charge in [0.15, 0.2) is 0 Å². The lowest BCUT2D eigenvalue weighted by molar-refractivity contribution is -0.134. The van der Waals surface area contributed by atoms with Gasteiger partial charge in [-0.05, 0) is 104 Å². The third-order valence-corrected chi connectivity index (χ3v) is 12.3. The monoisotopic (exact) mass is 698 g/mol. The zero-order valence-electron chi connectivity index (χ0n) is 29.0. The lowest BCUT2D eigenvalue weighted by atomic mass is 9.64. The number of carbonyl (C=O) groups is 3. The van der Waals surface area contributed by atoms with Crippen molar-refractivity contribution in [3.05, 3.63) is 92.4 Å². The Morgan fingerprint density at radius 3 is 2.18 bits per heavy atom. The van der Waals surface area contributed by atoms with E-state index in [0.717, 1.165) is 69.4 Å². The van der Waals surface area contributed by atoms with Gasteiger partial charge in [0.05, 0.1) is 17.8 Å². The summed E-state index contributed by atoms with van der Waals surface area (Å²) in [6.45, 7) is 3.34. The predicted octanol–water partition coefficient (Wildman–Crippen LogP) is 5.43. The summed E-state index contributed by atoms with van der Waals surface area (Å²) in [5.41, 5.74) is 4.82. The molecule has 3 aliphatic heterocycles. The van der Waals surface area contributed by atoms with E-state index in [2.05, 4.69) is 64.1 Å². The van der Waals surface area contributed by atoms with E-state index < -0.39 is 0 Å². The molecular formula is C39H47ClN6O4. The molecule has 2 aromatic carbocycles. The van der Waals surface area contributed by atoms with Crippen LogP contribution in [0.25, 0.3) is 0 Å². The van der Waals surface area contributed by atoms with Crippen LogP contribution in [0.5, 0.6) is 0 Å². The van der Waals surface area contributed by atoms with Gasteiger partial charge < -0.3 is 15.1 Å². The number of aromatic nitrogens is 2. The molecule has 0 bridgehead atoms. The van der Waals surface area contributed by atoms with E-state index in [1.54, 1.807) is 13.2 Å². The Hall–Kier alpha value is -4.02. The zero-order chi connectivity index (χ0) is 35.0. The van der Waals surface area contributed by atoms with E-state index in [0.29, 0.717) is 29.9 Å². The molecule has 1 aliphatic carbocycles. The van der Waals surface area contributed by atoms with Gasteiger partial charge in [0.1, 0.15) is 5.02 Å². The van der Waals surface area contributed by atoms with Crippen LogP contribution in [-0.4, -0.2) is 76.6 Å². The first-order chi connectivity index (χ1) is 24.1. The highest BCUT2D eigenvalue weighted by Gasteiger charge is 2.39. The van der Waals surface area contributed by atoms with Crippen LogP contribution in [0, 0.1) is 5.41 Å².